The molecule has 138 valence electrons. The third-order valence-corrected chi connectivity index (χ3v) is 4.48. The summed E-state index contributed by atoms with van der Waals surface area (Å²) in [5.74, 6) is -0.900. The van der Waals surface area contributed by atoms with E-state index >= 15 is 0 Å². The Morgan fingerprint density at radius 3 is 2.81 bits per heavy atom. The fourth-order valence-electron chi connectivity index (χ4n) is 3.03. The quantitative estimate of drug-likeness (QED) is 0.849. The number of carbonyl (C=O) groups excluding carboxylic acids is 1. The van der Waals surface area contributed by atoms with Gasteiger partial charge in [-0.15, -0.1) is 0 Å². The standard InChI is InChI=1S/C18H20FN3O4/c19-14-8-6-12(7-9-14)17-20-15(26-21-17)4-1-5-16(23)22-10-2-3-13(11-22)18(24)25/h6-9,13H,1-5,10-11H2,(H,24,25). The van der Waals surface area contributed by atoms with Crippen molar-refractivity contribution in [2.24, 2.45) is 5.92 Å². The second-order valence-electron chi connectivity index (χ2n) is 6.39. The van der Waals surface area contributed by atoms with Crippen LogP contribution in [0.3, 0.4) is 0 Å². The third kappa shape index (κ3) is 4.44. The molecule has 1 aromatic heterocycles. The molecule has 0 spiro atoms. The molecule has 0 bridgehead atoms. The van der Waals surface area contributed by atoms with Crippen molar-refractivity contribution in [2.45, 2.75) is 32.1 Å². The van der Waals surface area contributed by atoms with Crippen LogP contribution in [0, 0.1) is 11.7 Å². The van der Waals surface area contributed by atoms with E-state index in [9.17, 15) is 14.0 Å². The van der Waals surface area contributed by atoms with E-state index in [-0.39, 0.29) is 18.3 Å². The van der Waals surface area contributed by atoms with E-state index < -0.39 is 11.9 Å². The van der Waals surface area contributed by atoms with Crippen molar-refractivity contribution in [1.82, 2.24) is 15.0 Å². The van der Waals surface area contributed by atoms with Gasteiger partial charge in [-0.05, 0) is 43.5 Å². The first-order chi connectivity index (χ1) is 12.5. The molecule has 0 radical (unpaired) electrons. The molecule has 7 nitrogen and oxygen atoms in total. The van der Waals surface area contributed by atoms with Gasteiger partial charge in [0.25, 0.3) is 0 Å². The van der Waals surface area contributed by atoms with Gasteiger partial charge in [-0.1, -0.05) is 5.16 Å². The van der Waals surface area contributed by atoms with Gasteiger partial charge >= 0.3 is 5.97 Å². The van der Waals surface area contributed by atoms with E-state index in [1.54, 1.807) is 17.0 Å². The maximum absolute atomic E-state index is 12.9. The lowest BCUT2D eigenvalue weighted by atomic mass is 9.98. The molecule has 8 heteroatoms. The predicted molar refractivity (Wildman–Crippen MR) is 89.6 cm³/mol. The lowest BCUT2D eigenvalue weighted by molar-refractivity contribution is -0.145. The van der Waals surface area contributed by atoms with Crippen LogP contribution in [0.15, 0.2) is 28.8 Å². The normalized spacial score (nSPS) is 17.3. The van der Waals surface area contributed by atoms with Crippen molar-refractivity contribution in [1.29, 1.82) is 0 Å². The summed E-state index contributed by atoms with van der Waals surface area (Å²) in [4.78, 5) is 29.2. The average Bonchev–Trinajstić information content (AvgIpc) is 3.11. The Hall–Kier alpha value is -2.77. The molecule has 0 aliphatic carbocycles. The number of rotatable bonds is 6. The summed E-state index contributed by atoms with van der Waals surface area (Å²) in [6, 6.07) is 5.80. The molecule has 1 fully saturated rings. The van der Waals surface area contributed by atoms with Crippen LogP contribution in [-0.4, -0.2) is 45.1 Å². The summed E-state index contributed by atoms with van der Waals surface area (Å²) in [6.45, 7) is 0.890. The second kappa shape index (κ2) is 8.07. The van der Waals surface area contributed by atoms with E-state index in [1.165, 1.54) is 12.1 Å². The number of carboxylic acids is 1. The highest BCUT2D eigenvalue weighted by Crippen LogP contribution is 2.19. The number of aryl methyl sites for hydroxylation is 1. The maximum atomic E-state index is 12.9. The first kappa shape index (κ1) is 18.0. The van der Waals surface area contributed by atoms with Crippen molar-refractivity contribution in [3.63, 3.8) is 0 Å². The first-order valence-corrected chi connectivity index (χ1v) is 8.62. The summed E-state index contributed by atoms with van der Waals surface area (Å²) < 4.78 is 18.1. The summed E-state index contributed by atoms with van der Waals surface area (Å²) in [5.41, 5.74) is 0.658. The maximum Gasteiger partial charge on any atom is 0.308 e. The molecule has 1 aromatic carbocycles. The summed E-state index contributed by atoms with van der Waals surface area (Å²) in [7, 11) is 0. The van der Waals surface area contributed by atoms with Gasteiger partial charge in [0.1, 0.15) is 5.82 Å². The largest absolute Gasteiger partial charge is 0.481 e. The Morgan fingerprint density at radius 1 is 1.31 bits per heavy atom. The van der Waals surface area contributed by atoms with Crippen molar-refractivity contribution < 1.29 is 23.6 Å². The van der Waals surface area contributed by atoms with E-state index in [4.69, 9.17) is 9.63 Å². The van der Waals surface area contributed by atoms with Crippen LogP contribution in [0.25, 0.3) is 11.4 Å². The molecule has 0 saturated carbocycles. The zero-order chi connectivity index (χ0) is 18.5. The number of amides is 1. The Morgan fingerprint density at radius 2 is 2.08 bits per heavy atom. The lowest BCUT2D eigenvalue weighted by Gasteiger charge is -2.30. The van der Waals surface area contributed by atoms with Crippen LogP contribution in [0.4, 0.5) is 4.39 Å². The molecule has 1 amide bonds. The van der Waals surface area contributed by atoms with Gasteiger partial charge < -0.3 is 14.5 Å². The molecule has 26 heavy (non-hydrogen) atoms. The van der Waals surface area contributed by atoms with E-state index in [0.29, 0.717) is 55.9 Å². The zero-order valence-electron chi connectivity index (χ0n) is 14.2. The molecular weight excluding hydrogens is 341 g/mol. The van der Waals surface area contributed by atoms with Crippen molar-refractivity contribution in [3.05, 3.63) is 36.0 Å². The molecule has 1 aliphatic rings. The van der Waals surface area contributed by atoms with Crippen LogP contribution in [-0.2, 0) is 16.0 Å². The molecule has 1 saturated heterocycles. The Kier molecular flexibility index (Phi) is 5.60. The third-order valence-electron chi connectivity index (χ3n) is 4.48. The molecule has 2 heterocycles. The number of piperidine rings is 1. The van der Waals surface area contributed by atoms with Gasteiger partial charge in [0.2, 0.25) is 17.6 Å². The SMILES string of the molecule is O=C(O)C1CCCN(C(=O)CCCc2nc(-c3ccc(F)cc3)no2)C1. The Bertz CT molecular complexity index is 775. The highest BCUT2D eigenvalue weighted by Gasteiger charge is 2.27. The molecule has 1 aliphatic heterocycles. The van der Waals surface area contributed by atoms with E-state index in [1.807, 2.05) is 0 Å². The minimum absolute atomic E-state index is 0.0470. The van der Waals surface area contributed by atoms with Crippen molar-refractivity contribution in [3.8, 4) is 11.4 Å². The van der Waals surface area contributed by atoms with Gasteiger partial charge in [-0.2, -0.15) is 4.98 Å². The molecule has 2 aromatic rings. The summed E-state index contributed by atoms with van der Waals surface area (Å²) in [5, 5.41) is 13.0. The van der Waals surface area contributed by atoms with Gasteiger partial charge in [0, 0.05) is 31.5 Å². The summed E-state index contributed by atoms with van der Waals surface area (Å²) in [6.07, 6.45) is 2.63. The summed E-state index contributed by atoms with van der Waals surface area (Å²) >= 11 is 0. The fourth-order valence-corrected chi connectivity index (χ4v) is 3.03. The van der Waals surface area contributed by atoms with Crippen LogP contribution >= 0.6 is 0 Å². The number of likely N-dealkylation sites (tertiary alicyclic amines) is 1. The van der Waals surface area contributed by atoms with Crippen molar-refractivity contribution in [2.75, 3.05) is 13.1 Å². The smallest absolute Gasteiger partial charge is 0.308 e. The van der Waals surface area contributed by atoms with Gasteiger partial charge in [-0.25, -0.2) is 4.39 Å². The minimum atomic E-state index is -0.846. The van der Waals surface area contributed by atoms with Crippen LogP contribution in [0.5, 0.6) is 0 Å². The highest BCUT2D eigenvalue weighted by molar-refractivity contribution is 5.78. The zero-order valence-corrected chi connectivity index (χ0v) is 14.2. The van der Waals surface area contributed by atoms with Gasteiger partial charge in [-0.3, -0.25) is 9.59 Å². The van der Waals surface area contributed by atoms with Gasteiger partial charge in [0.15, 0.2) is 0 Å². The number of carbonyl (C=O) groups is 2. The second-order valence-corrected chi connectivity index (χ2v) is 6.39. The van der Waals surface area contributed by atoms with E-state index in [2.05, 4.69) is 10.1 Å². The molecule has 1 N–H and O–H groups in total. The first-order valence-electron chi connectivity index (χ1n) is 8.62. The number of nitrogens with zero attached hydrogens (tertiary/aromatic N) is 3. The number of halogens is 1. The van der Waals surface area contributed by atoms with Crippen LogP contribution < -0.4 is 0 Å². The number of aliphatic carboxylic acids is 1. The van der Waals surface area contributed by atoms with Gasteiger partial charge in [0.05, 0.1) is 5.92 Å². The number of hydrogen-bond acceptors (Lipinski definition) is 5. The molecule has 3 rings (SSSR count). The average molecular weight is 361 g/mol. The monoisotopic (exact) mass is 361 g/mol. The molecule has 1 unspecified atom stereocenters. The molecular formula is C18H20FN3O4. The van der Waals surface area contributed by atoms with Crippen molar-refractivity contribution >= 4 is 11.9 Å². The number of carboxylic acid groups (broad SMARTS) is 1. The highest BCUT2D eigenvalue weighted by atomic mass is 19.1. The Balaban J connectivity index is 1.48. The molecule has 1 atom stereocenters. The minimum Gasteiger partial charge on any atom is -0.481 e. The number of hydrogen-bond donors (Lipinski definition) is 1. The Labute approximate surface area is 149 Å². The topological polar surface area (TPSA) is 96.5 Å². The van der Waals surface area contributed by atoms with E-state index in [0.717, 1.165) is 0 Å². The number of aromatic nitrogens is 2. The number of benzene rings is 1. The van der Waals surface area contributed by atoms with Crippen LogP contribution in [0.2, 0.25) is 0 Å². The van der Waals surface area contributed by atoms with Crippen LogP contribution in [0.1, 0.15) is 31.6 Å². The lowest BCUT2D eigenvalue weighted by Crippen LogP contribution is -2.42. The fraction of sp³-hybridized carbons (Fsp3) is 0.444. The predicted octanol–water partition coefficient (Wildman–Crippen LogP) is 2.52.